The molecule has 0 fully saturated rings. The number of rotatable bonds is 2. The lowest BCUT2D eigenvalue weighted by Crippen LogP contribution is -2.19. The van der Waals surface area contributed by atoms with Crippen molar-refractivity contribution in [3.63, 3.8) is 0 Å². The van der Waals surface area contributed by atoms with E-state index >= 15 is 0 Å². The normalized spacial score (nSPS) is 11.3. The molecule has 88 valence electrons. The van der Waals surface area contributed by atoms with Gasteiger partial charge in [0.2, 0.25) is 0 Å². The molecule has 1 aromatic rings. The van der Waals surface area contributed by atoms with E-state index in [0.717, 1.165) is 6.07 Å². The van der Waals surface area contributed by atoms with Crippen LogP contribution in [0, 0.1) is 0 Å². The van der Waals surface area contributed by atoms with Gasteiger partial charge >= 0.3 is 12.1 Å². The molecule has 1 aromatic heterocycles. The SMILES string of the molecule is CN(C)c1ccc(C(=O)O)c(C(F)(F)F)n1. The third-order valence-electron chi connectivity index (χ3n) is 1.84. The summed E-state index contributed by atoms with van der Waals surface area (Å²) in [6.45, 7) is 0. The lowest BCUT2D eigenvalue weighted by atomic mass is 10.2. The van der Waals surface area contributed by atoms with E-state index in [-0.39, 0.29) is 5.82 Å². The Labute approximate surface area is 89.3 Å². The standard InChI is InChI=1S/C9H9F3N2O2/c1-14(2)6-4-3-5(8(15)16)7(13-6)9(10,11)12/h3-4H,1-2H3,(H,15,16). The minimum Gasteiger partial charge on any atom is -0.478 e. The first-order chi connectivity index (χ1) is 7.23. The number of aromatic carboxylic acids is 1. The van der Waals surface area contributed by atoms with Gasteiger partial charge in [0.25, 0.3) is 0 Å². The summed E-state index contributed by atoms with van der Waals surface area (Å²) in [5, 5.41) is 8.60. The Morgan fingerprint density at radius 3 is 2.31 bits per heavy atom. The molecule has 0 spiro atoms. The number of aromatic nitrogens is 1. The first-order valence-corrected chi connectivity index (χ1v) is 4.22. The number of carboxylic acids is 1. The zero-order valence-electron chi connectivity index (χ0n) is 8.54. The highest BCUT2D eigenvalue weighted by molar-refractivity contribution is 5.89. The molecule has 0 amide bonds. The Kier molecular flexibility index (Phi) is 3.06. The number of alkyl halides is 3. The molecule has 4 nitrogen and oxygen atoms in total. The molecular formula is C9H9F3N2O2. The summed E-state index contributed by atoms with van der Waals surface area (Å²) in [4.78, 5) is 15.2. The topological polar surface area (TPSA) is 53.4 Å². The summed E-state index contributed by atoms with van der Waals surface area (Å²) in [5.74, 6) is -1.59. The number of carboxylic acid groups (broad SMARTS) is 1. The molecule has 7 heteroatoms. The van der Waals surface area contributed by atoms with Gasteiger partial charge in [-0.2, -0.15) is 13.2 Å². The summed E-state index contributed by atoms with van der Waals surface area (Å²) < 4.78 is 37.5. The van der Waals surface area contributed by atoms with E-state index in [1.165, 1.54) is 25.1 Å². The Bertz CT molecular complexity index is 416. The van der Waals surface area contributed by atoms with Crippen LogP contribution in [0.3, 0.4) is 0 Å². The van der Waals surface area contributed by atoms with Crippen molar-refractivity contribution < 1.29 is 23.1 Å². The van der Waals surface area contributed by atoms with Crippen molar-refractivity contribution in [2.45, 2.75) is 6.18 Å². The van der Waals surface area contributed by atoms with Gasteiger partial charge in [0.05, 0.1) is 5.56 Å². The highest BCUT2D eigenvalue weighted by atomic mass is 19.4. The first kappa shape index (κ1) is 12.3. The van der Waals surface area contributed by atoms with Crippen LogP contribution in [0.15, 0.2) is 12.1 Å². The smallest absolute Gasteiger partial charge is 0.434 e. The number of anilines is 1. The van der Waals surface area contributed by atoms with E-state index in [1.807, 2.05) is 0 Å². The fourth-order valence-corrected chi connectivity index (χ4v) is 1.09. The van der Waals surface area contributed by atoms with Gasteiger partial charge < -0.3 is 10.0 Å². The lowest BCUT2D eigenvalue weighted by molar-refractivity contribution is -0.141. The average molecular weight is 234 g/mol. The van der Waals surface area contributed by atoms with Crippen LogP contribution in [-0.2, 0) is 6.18 Å². The molecule has 0 radical (unpaired) electrons. The van der Waals surface area contributed by atoms with Gasteiger partial charge in [0, 0.05) is 14.1 Å². The van der Waals surface area contributed by atoms with Crippen molar-refractivity contribution in [3.05, 3.63) is 23.4 Å². The second-order valence-electron chi connectivity index (χ2n) is 3.26. The van der Waals surface area contributed by atoms with Gasteiger partial charge in [-0.05, 0) is 12.1 Å². The Hall–Kier alpha value is -1.79. The van der Waals surface area contributed by atoms with E-state index in [2.05, 4.69) is 4.98 Å². The highest BCUT2D eigenvalue weighted by Crippen LogP contribution is 2.31. The maximum atomic E-state index is 12.5. The number of halogens is 3. The van der Waals surface area contributed by atoms with Crippen LogP contribution in [0.25, 0.3) is 0 Å². The third-order valence-corrected chi connectivity index (χ3v) is 1.84. The van der Waals surface area contributed by atoms with E-state index in [4.69, 9.17) is 5.11 Å². The molecule has 16 heavy (non-hydrogen) atoms. The minimum atomic E-state index is -4.78. The summed E-state index contributed by atoms with van der Waals surface area (Å²) in [6.07, 6.45) is -4.78. The maximum absolute atomic E-state index is 12.5. The van der Waals surface area contributed by atoms with Crippen molar-refractivity contribution in [3.8, 4) is 0 Å². The number of hydrogen-bond donors (Lipinski definition) is 1. The molecule has 1 rings (SSSR count). The molecule has 0 saturated heterocycles. The number of nitrogens with zero attached hydrogens (tertiary/aromatic N) is 2. The van der Waals surface area contributed by atoms with E-state index in [9.17, 15) is 18.0 Å². The largest absolute Gasteiger partial charge is 0.478 e. The number of carbonyl (C=O) groups is 1. The predicted octanol–water partition coefficient (Wildman–Crippen LogP) is 1.86. The summed E-state index contributed by atoms with van der Waals surface area (Å²) in [6, 6.07) is 2.12. The molecule has 0 unspecified atom stereocenters. The monoisotopic (exact) mass is 234 g/mol. The first-order valence-electron chi connectivity index (χ1n) is 4.22. The summed E-state index contributed by atoms with van der Waals surface area (Å²) >= 11 is 0. The second kappa shape index (κ2) is 3.99. The molecule has 1 heterocycles. The van der Waals surface area contributed by atoms with Crippen LogP contribution in [0.1, 0.15) is 16.1 Å². The van der Waals surface area contributed by atoms with Gasteiger partial charge in [-0.3, -0.25) is 0 Å². The fourth-order valence-electron chi connectivity index (χ4n) is 1.09. The van der Waals surface area contributed by atoms with Crippen LogP contribution in [0.4, 0.5) is 19.0 Å². The van der Waals surface area contributed by atoms with Gasteiger partial charge in [-0.1, -0.05) is 0 Å². The van der Waals surface area contributed by atoms with Crippen molar-refractivity contribution in [2.24, 2.45) is 0 Å². The molecular weight excluding hydrogens is 225 g/mol. The molecule has 0 aliphatic carbocycles. The number of hydrogen-bond acceptors (Lipinski definition) is 3. The molecule has 0 atom stereocenters. The fraction of sp³-hybridized carbons (Fsp3) is 0.333. The molecule has 0 aromatic carbocycles. The molecule has 1 N–H and O–H groups in total. The lowest BCUT2D eigenvalue weighted by Gasteiger charge is -2.15. The van der Waals surface area contributed by atoms with E-state index in [1.54, 1.807) is 0 Å². The highest BCUT2D eigenvalue weighted by Gasteiger charge is 2.37. The van der Waals surface area contributed by atoms with Gasteiger partial charge in [0.1, 0.15) is 5.82 Å². The molecule has 0 aliphatic rings. The Morgan fingerprint density at radius 2 is 1.94 bits per heavy atom. The Morgan fingerprint density at radius 1 is 1.38 bits per heavy atom. The number of pyridine rings is 1. The molecule has 0 aliphatic heterocycles. The van der Waals surface area contributed by atoms with Crippen molar-refractivity contribution in [1.29, 1.82) is 0 Å². The average Bonchev–Trinajstić information content (AvgIpc) is 2.15. The summed E-state index contributed by atoms with van der Waals surface area (Å²) in [7, 11) is 3.03. The van der Waals surface area contributed by atoms with Crippen LogP contribution in [-0.4, -0.2) is 30.2 Å². The van der Waals surface area contributed by atoms with Crippen molar-refractivity contribution in [2.75, 3.05) is 19.0 Å². The van der Waals surface area contributed by atoms with E-state index in [0.29, 0.717) is 0 Å². The van der Waals surface area contributed by atoms with Crippen LogP contribution < -0.4 is 4.90 Å². The summed E-state index contributed by atoms with van der Waals surface area (Å²) in [5.41, 5.74) is -2.23. The Balaban J connectivity index is 3.39. The molecule has 0 bridgehead atoms. The minimum absolute atomic E-state index is 0.0531. The molecule has 0 saturated carbocycles. The quantitative estimate of drug-likeness (QED) is 0.848. The predicted molar refractivity (Wildman–Crippen MR) is 50.5 cm³/mol. The van der Waals surface area contributed by atoms with Crippen LogP contribution in [0.2, 0.25) is 0 Å². The second-order valence-corrected chi connectivity index (χ2v) is 3.26. The third kappa shape index (κ3) is 2.41. The van der Waals surface area contributed by atoms with E-state index < -0.39 is 23.4 Å². The van der Waals surface area contributed by atoms with Gasteiger partial charge in [-0.25, -0.2) is 9.78 Å². The zero-order chi connectivity index (χ0) is 12.5. The van der Waals surface area contributed by atoms with Crippen molar-refractivity contribution in [1.82, 2.24) is 4.98 Å². The van der Waals surface area contributed by atoms with Gasteiger partial charge in [-0.15, -0.1) is 0 Å². The van der Waals surface area contributed by atoms with Crippen LogP contribution >= 0.6 is 0 Å². The maximum Gasteiger partial charge on any atom is 0.434 e. The van der Waals surface area contributed by atoms with Crippen molar-refractivity contribution >= 4 is 11.8 Å². The van der Waals surface area contributed by atoms with Crippen LogP contribution in [0.5, 0.6) is 0 Å². The zero-order valence-corrected chi connectivity index (χ0v) is 8.54. The van der Waals surface area contributed by atoms with Gasteiger partial charge in [0.15, 0.2) is 5.69 Å².